The monoisotopic (exact) mass is 432 g/mol. The van der Waals surface area contributed by atoms with Crippen molar-refractivity contribution in [2.75, 3.05) is 7.11 Å². The van der Waals surface area contributed by atoms with Gasteiger partial charge in [-0.15, -0.1) is 0 Å². The fourth-order valence-electron chi connectivity index (χ4n) is 3.51. The molecular formula is C23H20N4O3S. The Morgan fingerprint density at radius 3 is 2.58 bits per heavy atom. The van der Waals surface area contributed by atoms with E-state index in [1.54, 1.807) is 11.8 Å². The molecule has 0 fully saturated rings. The number of amidine groups is 1. The van der Waals surface area contributed by atoms with Gasteiger partial charge in [-0.2, -0.15) is 5.26 Å². The molecule has 2 aliphatic rings. The molecule has 8 heteroatoms. The van der Waals surface area contributed by atoms with Crippen molar-refractivity contribution in [3.8, 4) is 11.8 Å². The molecule has 0 spiro atoms. The van der Waals surface area contributed by atoms with Crippen LogP contribution in [0.5, 0.6) is 5.75 Å². The van der Waals surface area contributed by atoms with Crippen LogP contribution < -0.4 is 10.5 Å². The maximum absolute atomic E-state index is 12.6. The van der Waals surface area contributed by atoms with Crippen molar-refractivity contribution in [3.05, 3.63) is 87.7 Å². The molecule has 31 heavy (non-hydrogen) atoms. The predicted octanol–water partition coefficient (Wildman–Crippen LogP) is 3.82. The molecule has 2 aromatic rings. The lowest BCUT2D eigenvalue weighted by Crippen LogP contribution is -2.38. The molecule has 0 unspecified atom stereocenters. The second kappa shape index (κ2) is 8.58. The third kappa shape index (κ3) is 3.88. The minimum atomic E-state index is -0.554. The Bertz CT molecular complexity index is 1150. The van der Waals surface area contributed by atoms with E-state index >= 15 is 0 Å². The molecule has 2 heterocycles. The van der Waals surface area contributed by atoms with E-state index in [9.17, 15) is 10.1 Å². The normalized spacial score (nSPS) is 17.8. The lowest BCUT2D eigenvalue weighted by molar-refractivity contribution is -0.136. The van der Waals surface area contributed by atoms with Gasteiger partial charge >= 0.3 is 5.97 Å². The molecule has 0 aromatic heterocycles. The number of ether oxygens (including phenoxy) is 2. The molecular weight excluding hydrogens is 412 g/mol. The fourth-order valence-corrected chi connectivity index (χ4v) is 4.43. The summed E-state index contributed by atoms with van der Waals surface area (Å²) in [6.07, 6.45) is 0. The summed E-state index contributed by atoms with van der Waals surface area (Å²) < 4.78 is 10.9. The first-order valence-electron chi connectivity index (χ1n) is 9.55. The largest absolute Gasteiger partial charge is 0.489 e. The lowest BCUT2D eigenvalue weighted by atomic mass is 9.94. The van der Waals surface area contributed by atoms with Gasteiger partial charge in [-0.1, -0.05) is 42.5 Å². The second-order valence-electron chi connectivity index (χ2n) is 6.93. The first-order chi connectivity index (χ1) is 15.0. The van der Waals surface area contributed by atoms with Gasteiger partial charge in [0.05, 0.1) is 24.4 Å². The van der Waals surface area contributed by atoms with Crippen LogP contribution >= 0.6 is 11.8 Å². The average Bonchev–Trinajstić information content (AvgIpc) is 3.12. The van der Waals surface area contributed by atoms with Crippen LogP contribution in [-0.2, 0) is 16.1 Å². The summed E-state index contributed by atoms with van der Waals surface area (Å²) in [5.41, 5.74) is 9.04. The number of fused-ring (bicyclic) bond motifs is 1. The Labute approximate surface area is 184 Å². The van der Waals surface area contributed by atoms with Gasteiger partial charge in [0.25, 0.3) is 0 Å². The van der Waals surface area contributed by atoms with Crippen molar-refractivity contribution < 1.29 is 14.3 Å². The Morgan fingerprint density at radius 2 is 1.94 bits per heavy atom. The van der Waals surface area contributed by atoms with Gasteiger partial charge in [0, 0.05) is 0 Å². The highest BCUT2D eigenvalue weighted by Gasteiger charge is 2.42. The lowest BCUT2D eigenvalue weighted by Gasteiger charge is -2.34. The van der Waals surface area contributed by atoms with E-state index in [1.165, 1.54) is 18.9 Å². The maximum atomic E-state index is 12.6. The van der Waals surface area contributed by atoms with Crippen LogP contribution in [0.15, 0.2) is 81.6 Å². The highest BCUT2D eigenvalue weighted by Crippen LogP contribution is 2.45. The molecule has 0 aliphatic carbocycles. The van der Waals surface area contributed by atoms with E-state index in [4.69, 9.17) is 15.2 Å². The molecule has 2 aliphatic heterocycles. The van der Waals surface area contributed by atoms with Crippen LogP contribution in [0.2, 0.25) is 0 Å². The number of hydrogen-bond donors (Lipinski definition) is 1. The fraction of sp³-hybridized carbons (Fsp3) is 0.174. The number of carbonyl (C=O) groups is 1. The predicted molar refractivity (Wildman–Crippen MR) is 118 cm³/mol. The zero-order valence-electron chi connectivity index (χ0n) is 17.0. The zero-order chi connectivity index (χ0) is 22.0. The summed E-state index contributed by atoms with van der Waals surface area (Å²) in [6.45, 7) is 2.21. The van der Waals surface area contributed by atoms with E-state index in [1.807, 2.05) is 54.6 Å². The van der Waals surface area contributed by atoms with Crippen molar-refractivity contribution in [3.63, 3.8) is 0 Å². The third-order valence-electron chi connectivity index (χ3n) is 5.03. The molecule has 1 atom stereocenters. The van der Waals surface area contributed by atoms with Gasteiger partial charge in [0.1, 0.15) is 29.2 Å². The zero-order valence-corrected chi connectivity index (χ0v) is 17.8. The average molecular weight is 433 g/mol. The highest BCUT2D eigenvalue weighted by molar-refractivity contribution is 8.17. The summed E-state index contributed by atoms with van der Waals surface area (Å²) in [5, 5.41) is 9.97. The highest BCUT2D eigenvalue weighted by atomic mass is 32.2. The first-order valence-corrected chi connectivity index (χ1v) is 10.4. The second-order valence-corrected chi connectivity index (χ2v) is 7.91. The number of hydrogen-bond acceptors (Lipinski definition) is 8. The first kappa shape index (κ1) is 20.6. The van der Waals surface area contributed by atoms with Crippen molar-refractivity contribution >= 4 is 22.9 Å². The van der Waals surface area contributed by atoms with Crippen molar-refractivity contribution in [2.24, 2.45) is 10.7 Å². The maximum Gasteiger partial charge on any atom is 0.338 e. The minimum Gasteiger partial charge on any atom is -0.489 e. The van der Waals surface area contributed by atoms with Crippen LogP contribution in [0, 0.1) is 11.3 Å². The molecule has 156 valence electrons. The number of aliphatic imine (C=N–C) groups is 1. The number of benzene rings is 2. The van der Waals surface area contributed by atoms with Crippen molar-refractivity contribution in [1.82, 2.24) is 4.90 Å². The number of methoxy groups -OCH3 is 1. The third-order valence-corrected chi connectivity index (χ3v) is 6.00. The summed E-state index contributed by atoms with van der Waals surface area (Å²) in [7, 11) is 1.33. The smallest absolute Gasteiger partial charge is 0.338 e. The number of allylic oxidation sites excluding steroid dienone is 2. The quantitative estimate of drug-likeness (QED) is 0.717. The number of nitrogens with zero attached hydrogens (tertiary/aromatic N) is 3. The van der Waals surface area contributed by atoms with Crippen molar-refractivity contribution in [2.45, 2.75) is 19.6 Å². The standard InChI is InChI=1S/C23H20N4O3S/c1-14-19(22(28)29-2)20(27-21(25)18(12-24)31-23(27)26-14)16-8-10-17(11-9-16)30-13-15-6-4-3-5-7-15/h3-11,20H,13,25H2,1-2H3/t20-/m1/s1. The Balaban J connectivity index is 1.66. The van der Waals surface area contributed by atoms with E-state index in [0.717, 1.165) is 11.1 Å². The molecule has 0 amide bonds. The SMILES string of the molecule is COC(=O)C1=C(C)N=C2SC(C#N)=C(N)N2[C@@H]1c1ccc(OCc2ccccc2)cc1. The van der Waals surface area contributed by atoms with Gasteiger partial charge in [0.2, 0.25) is 0 Å². The molecule has 0 bridgehead atoms. The summed E-state index contributed by atoms with van der Waals surface area (Å²) >= 11 is 1.19. The van der Waals surface area contributed by atoms with E-state index in [0.29, 0.717) is 33.7 Å². The number of rotatable bonds is 5. The van der Waals surface area contributed by atoms with Gasteiger partial charge < -0.3 is 15.2 Å². The summed E-state index contributed by atoms with van der Waals surface area (Å²) in [4.78, 5) is 19.2. The molecule has 7 nitrogen and oxygen atoms in total. The summed E-state index contributed by atoms with van der Waals surface area (Å²) in [5.74, 6) is 0.488. The number of thioether (sulfide) groups is 1. The van der Waals surface area contributed by atoms with E-state index < -0.39 is 12.0 Å². The number of nitrogens with two attached hydrogens (primary N) is 1. The topological polar surface area (TPSA) is 101 Å². The van der Waals surface area contributed by atoms with Gasteiger partial charge in [-0.3, -0.25) is 4.90 Å². The molecule has 0 saturated heterocycles. The molecule has 4 rings (SSSR count). The van der Waals surface area contributed by atoms with Gasteiger partial charge in [-0.05, 0) is 41.9 Å². The Kier molecular flexibility index (Phi) is 5.69. The number of esters is 1. The summed E-state index contributed by atoms with van der Waals surface area (Å²) in [6, 6.07) is 18.9. The number of carbonyl (C=O) groups excluding carboxylic acids is 1. The van der Waals surface area contributed by atoms with E-state index in [-0.39, 0.29) is 5.82 Å². The van der Waals surface area contributed by atoms with E-state index in [2.05, 4.69) is 11.1 Å². The molecule has 2 N–H and O–H groups in total. The minimum absolute atomic E-state index is 0.273. The van der Waals surface area contributed by atoms with Crippen LogP contribution in [0.4, 0.5) is 0 Å². The van der Waals surface area contributed by atoms with Crippen LogP contribution in [0.3, 0.4) is 0 Å². The van der Waals surface area contributed by atoms with Crippen LogP contribution in [0.1, 0.15) is 24.1 Å². The Hall–Kier alpha value is -3.70. The van der Waals surface area contributed by atoms with Crippen LogP contribution in [0.25, 0.3) is 0 Å². The molecule has 2 aromatic carbocycles. The Morgan fingerprint density at radius 1 is 1.23 bits per heavy atom. The molecule has 0 saturated carbocycles. The number of nitriles is 1. The van der Waals surface area contributed by atoms with Crippen LogP contribution in [-0.4, -0.2) is 23.1 Å². The van der Waals surface area contributed by atoms with Gasteiger partial charge in [-0.25, -0.2) is 9.79 Å². The van der Waals surface area contributed by atoms with Crippen molar-refractivity contribution in [1.29, 1.82) is 5.26 Å². The molecule has 0 radical (unpaired) electrons. The van der Waals surface area contributed by atoms with Gasteiger partial charge in [0.15, 0.2) is 5.17 Å².